The van der Waals surface area contributed by atoms with Gasteiger partial charge in [0.2, 0.25) is 5.88 Å². The molecule has 4 aromatic rings. The maximum absolute atomic E-state index is 12.6. The maximum Gasteiger partial charge on any atom is 0.228 e. The highest BCUT2D eigenvalue weighted by atomic mass is 16.5. The molecule has 7 heteroatoms. The Morgan fingerprint density at radius 3 is 2.52 bits per heavy atom. The first-order chi connectivity index (χ1) is 15.1. The third-order valence-electron chi connectivity index (χ3n) is 5.26. The predicted molar refractivity (Wildman–Crippen MR) is 114 cm³/mol. The van der Waals surface area contributed by atoms with E-state index in [2.05, 4.69) is 10.1 Å². The molecule has 0 aliphatic carbocycles. The minimum absolute atomic E-state index is 0.0499. The van der Waals surface area contributed by atoms with E-state index in [-0.39, 0.29) is 18.3 Å². The van der Waals surface area contributed by atoms with Gasteiger partial charge < -0.3 is 9.47 Å². The minimum Gasteiger partial charge on any atom is -0.486 e. The van der Waals surface area contributed by atoms with Crippen LogP contribution in [-0.2, 0) is 11.4 Å². The lowest BCUT2D eigenvalue weighted by Gasteiger charge is -2.28. The molecule has 1 unspecified atom stereocenters. The summed E-state index contributed by atoms with van der Waals surface area (Å²) in [6.07, 6.45) is 1.57. The highest BCUT2D eigenvalue weighted by Crippen LogP contribution is 2.43. The maximum atomic E-state index is 12.6. The molecule has 1 atom stereocenters. The number of fused-ring (bicyclic) bond motifs is 3. The number of allylic oxidation sites excluding steroid dienone is 2. The van der Waals surface area contributed by atoms with Crippen molar-refractivity contribution >= 4 is 11.4 Å². The average Bonchev–Trinajstić information content (AvgIpc) is 3.21. The molecular formula is C24H20N4O3. The fourth-order valence-corrected chi connectivity index (χ4v) is 3.94. The zero-order chi connectivity index (χ0) is 21.4. The first kappa shape index (κ1) is 19.0. The zero-order valence-corrected chi connectivity index (χ0v) is 17.1. The van der Waals surface area contributed by atoms with E-state index in [0.717, 1.165) is 16.9 Å². The third kappa shape index (κ3) is 3.44. The number of rotatable bonds is 5. The van der Waals surface area contributed by atoms with Crippen LogP contribution in [0, 0.1) is 0 Å². The van der Waals surface area contributed by atoms with Crippen LogP contribution < -0.4 is 9.47 Å². The van der Waals surface area contributed by atoms with Crippen LogP contribution in [0.15, 0.2) is 78.3 Å². The lowest BCUT2D eigenvalue weighted by molar-refractivity contribution is -0.114. The van der Waals surface area contributed by atoms with Crippen molar-refractivity contribution < 1.29 is 14.3 Å². The molecule has 0 amide bonds. The smallest absolute Gasteiger partial charge is 0.228 e. The Balaban J connectivity index is 1.62. The van der Waals surface area contributed by atoms with Crippen molar-refractivity contribution in [3.8, 4) is 11.6 Å². The number of ether oxygens (including phenoxy) is 2. The number of aromatic nitrogens is 4. The average molecular weight is 412 g/mol. The summed E-state index contributed by atoms with van der Waals surface area (Å²) in [5.41, 5.74) is 2.88. The van der Waals surface area contributed by atoms with Gasteiger partial charge in [-0.25, -0.2) is 14.5 Å². The van der Waals surface area contributed by atoms with Crippen LogP contribution in [0.25, 0.3) is 5.65 Å². The summed E-state index contributed by atoms with van der Waals surface area (Å²) >= 11 is 0. The van der Waals surface area contributed by atoms with Crippen molar-refractivity contribution in [2.75, 3.05) is 0 Å². The Bertz CT molecular complexity index is 1300. The van der Waals surface area contributed by atoms with Crippen molar-refractivity contribution in [1.82, 2.24) is 19.6 Å². The van der Waals surface area contributed by atoms with Gasteiger partial charge in [-0.2, -0.15) is 0 Å². The van der Waals surface area contributed by atoms with Crippen LogP contribution in [0.2, 0.25) is 0 Å². The van der Waals surface area contributed by atoms with Crippen molar-refractivity contribution in [3.63, 3.8) is 0 Å². The quantitative estimate of drug-likeness (QED) is 0.491. The van der Waals surface area contributed by atoms with Crippen LogP contribution in [0.1, 0.15) is 36.7 Å². The number of hydrogen-bond donors (Lipinski definition) is 0. The van der Waals surface area contributed by atoms with Gasteiger partial charge in [-0.1, -0.05) is 48.5 Å². The van der Waals surface area contributed by atoms with Gasteiger partial charge >= 0.3 is 0 Å². The van der Waals surface area contributed by atoms with Gasteiger partial charge in [0.1, 0.15) is 24.4 Å². The van der Waals surface area contributed by atoms with E-state index in [0.29, 0.717) is 28.7 Å². The highest BCUT2D eigenvalue weighted by molar-refractivity contribution is 5.97. The molecule has 2 aromatic heterocycles. The van der Waals surface area contributed by atoms with Crippen LogP contribution in [0.4, 0.5) is 0 Å². The van der Waals surface area contributed by atoms with Gasteiger partial charge in [0.15, 0.2) is 17.3 Å². The van der Waals surface area contributed by atoms with E-state index in [9.17, 15) is 4.79 Å². The van der Waals surface area contributed by atoms with Gasteiger partial charge in [-0.3, -0.25) is 4.79 Å². The highest BCUT2D eigenvalue weighted by Gasteiger charge is 2.35. The predicted octanol–water partition coefficient (Wildman–Crippen LogP) is 4.09. The molecule has 5 rings (SSSR count). The van der Waals surface area contributed by atoms with Crippen LogP contribution >= 0.6 is 0 Å². The number of para-hydroxylation sites is 1. The zero-order valence-electron chi connectivity index (χ0n) is 17.1. The van der Waals surface area contributed by atoms with E-state index in [1.54, 1.807) is 24.7 Å². The van der Waals surface area contributed by atoms with Gasteiger partial charge in [0, 0.05) is 11.5 Å². The fraction of sp³-hybridized carbons (Fsp3) is 0.167. The fourth-order valence-electron chi connectivity index (χ4n) is 3.94. The molecule has 3 heterocycles. The molecule has 2 aromatic carbocycles. The summed E-state index contributed by atoms with van der Waals surface area (Å²) < 4.78 is 13.4. The van der Waals surface area contributed by atoms with Crippen molar-refractivity contribution in [2.45, 2.75) is 26.4 Å². The number of carbonyl (C=O) groups is 1. The molecule has 0 fully saturated rings. The number of nitrogens with zero attached hydrogens (tertiary/aromatic N) is 4. The molecule has 1 aliphatic rings. The normalized spacial score (nSPS) is 15.5. The molecule has 0 spiro atoms. The number of ketones is 1. The first-order valence-electron chi connectivity index (χ1n) is 9.98. The summed E-state index contributed by atoms with van der Waals surface area (Å²) in [6, 6.07) is 19.4. The van der Waals surface area contributed by atoms with Gasteiger partial charge in [-0.05, 0) is 31.5 Å². The summed E-state index contributed by atoms with van der Waals surface area (Å²) in [6.45, 7) is 3.57. The van der Waals surface area contributed by atoms with Crippen molar-refractivity contribution in [3.05, 3.63) is 95.3 Å². The Hall–Kier alpha value is -4.00. The molecule has 0 radical (unpaired) electrons. The van der Waals surface area contributed by atoms with Crippen LogP contribution in [0.5, 0.6) is 11.6 Å². The molecule has 0 saturated heterocycles. The lowest BCUT2D eigenvalue weighted by atomic mass is 9.82. The van der Waals surface area contributed by atoms with Crippen molar-refractivity contribution in [2.24, 2.45) is 0 Å². The van der Waals surface area contributed by atoms with Crippen LogP contribution in [-0.4, -0.2) is 25.4 Å². The third-order valence-corrected chi connectivity index (χ3v) is 5.26. The Kier molecular flexibility index (Phi) is 4.71. The van der Waals surface area contributed by atoms with Gasteiger partial charge in [0.25, 0.3) is 0 Å². The topological polar surface area (TPSA) is 78.6 Å². The second-order valence-corrected chi connectivity index (χ2v) is 7.33. The Labute approximate surface area is 179 Å². The summed E-state index contributed by atoms with van der Waals surface area (Å²) in [5, 5.41) is 4.51. The molecule has 1 aliphatic heterocycles. The molecule has 0 saturated carbocycles. The number of benzene rings is 2. The van der Waals surface area contributed by atoms with E-state index in [1.165, 1.54) is 0 Å². The van der Waals surface area contributed by atoms with E-state index < -0.39 is 0 Å². The number of Topliss-reactive ketones (excluding diaryl/α,β-unsaturated/α-hetero) is 1. The second kappa shape index (κ2) is 7.68. The molecule has 7 nitrogen and oxygen atoms in total. The summed E-state index contributed by atoms with van der Waals surface area (Å²) in [5.74, 6) is 1.85. The summed E-state index contributed by atoms with van der Waals surface area (Å²) in [4.78, 5) is 21.7. The van der Waals surface area contributed by atoms with Gasteiger partial charge in [-0.15, -0.1) is 5.10 Å². The Morgan fingerprint density at radius 1 is 1.10 bits per heavy atom. The molecular weight excluding hydrogens is 392 g/mol. The number of carbonyl (C=O) groups excluding carboxylic acids is 1. The van der Waals surface area contributed by atoms with Crippen molar-refractivity contribution in [1.29, 1.82) is 0 Å². The molecule has 154 valence electrons. The van der Waals surface area contributed by atoms with E-state index >= 15 is 0 Å². The SMILES string of the molecule is CC(=O)C1=C(C)Oc2ncn3nc(COc4ccccc4)nc3c2C1c1ccccc1. The molecule has 0 bridgehead atoms. The molecule has 31 heavy (non-hydrogen) atoms. The summed E-state index contributed by atoms with van der Waals surface area (Å²) in [7, 11) is 0. The standard InChI is InChI=1S/C24H20N4O3/c1-15(29)20-16(2)31-24-22(21(20)17-9-5-3-6-10-17)23-26-19(27-28(23)14-25-24)13-30-18-11-7-4-8-12-18/h3-12,14,21H,13H2,1-2H3. The monoisotopic (exact) mass is 412 g/mol. The van der Waals surface area contributed by atoms with Crippen LogP contribution in [0.3, 0.4) is 0 Å². The molecule has 0 N–H and O–H groups in total. The van der Waals surface area contributed by atoms with E-state index in [1.807, 2.05) is 60.7 Å². The van der Waals surface area contributed by atoms with E-state index in [4.69, 9.17) is 14.5 Å². The minimum atomic E-state index is -0.342. The first-order valence-corrected chi connectivity index (χ1v) is 9.98. The second-order valence-electron chi connectivity index (χ2n) is 7.33. The largest absolute Gasteiger partial charge is 0.486 e. The Morgan fingerprint density at radius 2 is 1.81 bits per heavy atom. The number of hydrogen-bond acceptors (Lipinski definition) is 6. The van der Waals surface area contributed by atoms with Gasteiger partial charge in [0.05, 0.1) is 5.56 Å². The lowest BCUT2D eigenvalue weighted by Crippen LogP contribution is -2.22.